The number of thioether (sulfide) groups is 1. The van der Waals surface area contributed by atoms with Gasteiger partial charge < -0.3 is 9.84 Å². The number of nitrogens with zero attached hydrogens (tertiary/aromatic N) is 1. The van der Waals surface area contributed by atoms with E-state index in [1.807, 2.05) is 13.8 Å². The summed E-state index contributed by atoms with van der Waals surface area (Å²) < 4.78 is 30.9. The van der Waals surface area contributed by atoms with E-state index in [0.29, 0.717) is 10.7 Å². The Bertz CT molecular complexity index is 659. The smallest absolute Gasteiger partial charge is 0.230 e. The molecule has 2 rings (SSSR count). The number of rotatable bonds is 6. The van der Waals surface area contributed by atoms with Gasteiger partial charge in [-0.05, 0) is 24.1 Å². The van der Waals surface area contributed by atoms with Gasteiger partial charge >= 0.3 is 0 Å². The summed E-state index contributed by atoms with van der Waals surface area (Å²) in [6.07, 6.45) is 0. The molecule has 0 aliphatic rings. The van der Waals surface area contributed by atoms with Gasteiger partial charge in [-0.1, -0.05) is 19.0 Å². The number of halogens is 2. The summed E-state index contributed by atoms with van der Waals surface area (Å²) >= 11 is 1.13. The number of nitrogens with one attached hydrogen (secondary N) is 1. The van der Waals surface area contributed by atoms with Crippen LogP contribution < -0.4 is 5.32 Å². The average Bonchev–Trinajstić information content (AvgIpc) is 2.95. The van der Waals surface area contributed by atoms with Crippen LogP contribution in [0.3, 0.4) is 0 Å². The molecule has 7 heteroatoms. The lowest BCUT2D eigenvalue weighted by atomic mass is 10.1. The minimum absolute atomic E-state index is 0.107. The minimum atomic E-state index is -0.923. The molecular formula is C15H16F2N2O2S. The third kappa shape index (κ3) is 4.56. The molecular weight excluding hydrogens is 310 g/mol. The summed E-state index contributed by atoms with van der Waals surface area (Å²) in [5.41, 5.74) is 0.834. The third-order valence-electron chi connectivity index (χ3n) is 2.89. The Hall–Kier alpha value is -1.89. The summed E-state index contributed by atoms with van der Waals surface area (Å²) in [5.74, 6) is -1.10. The lowest BCUT2D eigenvalue weighted by molar-refractivity contribution is -0.118. The topological polar surface area (TPSA) is 55.1 Å². The number of hydrogen-bond donors (Lipinski definition) is 1. The van der Waals surface area contributed by atoms with E-state index < -0.39 is 11.6 Å². The van der Waals surface area contributed by atoms with Crippen molar-refractivity contribution >= 4 is 17.7 Å². The highest BCUT2D eigenvalue weighted by Crippen LogP contribution is 2.20. The van der Waals surface area contributed by atoms with E-state index in [9.17, 15) is 13.6 Å². The molecule has 0 saturated carbocycles. The van der Waals surface area contributed by atoms with Gasteiger partial charge in [0.1, 0.15) is 0 Å². The highest BCUT2D eigenvalue weighted by Gasteiger charge is 2.10. The van der Waals surface area contributed by atoms with E-state index in [0.717, 1.165) is 29.6 Å². The third-order valence-corrected chi connectivity index (χ3v) is 3.88. The molecule has 1 amide bonds. The minimum Gasteiger partial charge on any atom is -0.359 e. The van der Waals surface area contributed by atoms with Crippen molar-refractivity contribution in [2.45, 2.75) is 31.2 Å². The van der Waals surface area contributed by atoms with Crippen LogP contribution in [-0.2, 0) is 11.3 Å². The van der Waals surface area contributed by atoms with Gasteiger partial charge in [-0.15, -0.1) is 11.8 Å². The van der Waals surface area contributed by atoms with Crippen molar-refractivity contribution in [1.29, 1.82) is 0 Å². The van der Waals surface area contributed by atoms with E-state index in [4.69, 9.17) is 4.52 Å². The van der Waals surface area contributed by atoms with E-state index in [2.05, 4.69) is 10.5 Å². The van der Waals surface area contributed by atoms with E-state index in [1.165, 1.54) is 6.07 Å². The molecule has 0 aliphatic carbocycles. The zero-order valence-electron chi connectivity index (χ0n) is 12.2. The molecule has 0 fully saturated rings. The molecule has 4 nitrogen and oxygen atoms in total. The van der Waals surface area contributed by atoms with Crippen LogP contribution in [0.15, 0.2) is 33.7 Å². The first kappa shape index (κ1) is 16.5. The van der Waals surface area contributed by atoms with Gasteiger partial charge in [-0.3, -0.25) is 4.79 Å². The monoisotopic (exact) mass is 326 g/mol. The van der Waals surface area contributed by atoms with Crippen LogP contribution in [0.25, 0.3) is 0 Å². The number of hydrogen-bond acceptors (Lipinski definition) is 4. The van der Waals surface area contributed by atoms with E-state index >= 15 is 0 Å². The number of benzene rings is 1. The lowest BCUT2D eigenvalue weighted by Crippen LogP contribution is -2.24. The van der Waals surface area contributed by atoms with Gasteiger partial charge in [0.2, 0.25) is 5.91 Å². The summed E-state index contributed by atoms with van der Waals surface area (Å²) in [4.78, 5) is 12.2. The number of amides is 1. The van der Waals surface area contributed by atoms with Gasteiger partial charge in [-0.2, -0.15) is 0 Å². The molecule has 118 valence electrons. The standard InChI is InChI=1S/C15H16F2N2O2S/c1-9(2)14-5-10(21-19-14)7-18-15(20)8-22-11-3-4-12(16)13(17)6-11/h3-6,9H,7-8H2,1-2H3,(H,18,20). The maximum Gasteiger partial charge on any atom is 0.230 e. The molecule has 1 heterocycles. The maximum atomic E-state index is 13.0. The molecule has 0 spiro atoms. The molecule has 0 aliphatic heterocycles. The number of carbonyl (C=O) groups excluding carboxylic acids is 1. The summed E-state index contributed by atoms with van der Waals surface area (Å²) in [7, 11) is 0. The second kappa shape index (κ2) is 7.40. The molecule has 0 atom stereocenters. The zero-order chi connectivity index (χ0) is 16.1. The molecule has 1 N–H and O–H groups in total. The molecule has 0 saturated heterocycles. The normalized spacial score (nSPS) is 11.0. The Labute approximate surface area is 131 Å². The Balaban J connectivity index is 1.78. The Kier molecular flexibility index (Phi) is 5.54. The fraction of sp³-hybridized carbons (Fsp3) is 0.333. The molecule has 1 aromatic heterocycles. The van der Waals surface area contributed by atoms with Crippen molar-refractivity contribution in [3.8, 4) is 0 Å². The first-order valence-corrected chi connectivity index (χ1v) is 7.74. The lowest BCUT2D eigenvalue weighted by Gasteiger charge is -2.03. The van der Waals surface area contributed by atoms with Crippen molar-refractivity contribution in [3.05, 3.63) is 47.4 Å². The predicted octanol–water partition coefficient (Wildman–Crippen LogP) is 3.48. The fourth-order valence-electron chi connectivity index (χ4n) is 1.64. The largest absolute Gasteiger partial charge is 0.359 e. The average molecular weight is 326 g/mol. The summed E-state index contributed by atoms with van der Waals surface area (Å²) in [6, 6.07) is 5.34. The Morgan fingerprint density at radius 1 is 1.32 bits per heavy atom. The van der Waals surface area contributed by atoms with Crippen molar-refractivity contribution in [1.82, 2.24) is 10.5 Å². The molecule has 22 heavy (non-hydrogen) atoms. The van der Waals surface area contributed by atoms with Crippen molar-refractivity contribution in [2.24, 2.45) is 0 Å². The highest BCUT2D eigenvalue weighted by atomic mass is 32.2. The molecule has 1 aromatic carbocycles. The molecule has 2 aromatic rings. The second-order valence-corrected chi connectivity index (χ2v) is 6.06. The van der Waals surface area contributed by atoms with E-state index in [-0.39, 0.29) is 24.1 Å². The van der Waals surface area contributed by atoms with Crippen LogP contribution in [0.5, 0.6) is 0 Å². The predicted molar refractivity (Wildman–Crippen MR) is 79.5 cm³/mol. The fourth-order valence-corrected chi connectivity index (χ4v) is 2.39. The van der Waals surface area contributed by atoms with Crippen LogP contribution in [-0.4, -0.2) is 16.8 Å². The van der Waals surface area contributed by atoms with Gasteiger partial charge in [0, 0.05) is 11.0 Å². The zero-order valence-corrected chi connectivity index (χ0v) is 13.0. The molecule has 0 bridgehead atoms. The highest BCUT2D eigenvalue weighted by molar-refractivity contribution is 8.00. The molecule has 0 radical (unpaired) electrons. The van der Waals surface area contributed by atoms with Crippen LogP contribution in [0.2, 0.25) is 0 Å². The van der Waals surface area contributed by atoms with Gasteiger partial charge in [0.25, 0.3) is 0 Å². The summed E-state index contributed by atoms with van der Waals surface area (Å²) in [6.45, 7) is 4.24. The van der Waals surface area contributed by atoms with Crippen LogP contribution in [0, 0.1) is 11.6 Å². The number of carbonyl (C=O) groups is 1. The van der Waals surface area contributed by atoms with Crippen molar-refractivity contribution < 1.29 is 18.1 Å². The van der Waals surface area contributed by atoms with Crippen LogP contribution in [0.4, 0.5) is 8.78 Å². The Morgan fingerprint density at radius 2 is 2.09 bits per heavy atom. The molecule has 0 unspecified atom stereocenters. The maximum absolute atomic E-state index is 13.0. The Morgan fingerprint density at radius 3 is 2.73 bits per heavy atom. The van der Waals surface area contributed by atoms with Crippen LogP contribution in [0.1, 0.15) is 31.2 Å². The van der Waals surface area contributed by atoms with Crippen molar-refractivity contribution in [2.75, 3.05) is 5.75 Å². The first-order chi connectivity index (χ1) is 10.5. The second-order valence-electron chi connectivity index (χ2n) is 5.01. The summed E-state index contributed by atoms with van der Waals surface area (Å²) in [5, 5.41) is 6.58. The first-order valence-electron chi connectivity index (χ1n) is 6.75. The van der Waals surface area contributed by atoms with E-state index in [1.54, 1.807) is 6.07 Å². The van der Waals surface area contributed by atoms with Crippen molar-refractivity contribution in [3.63, 3.8) is 0 Å². The van der Waals surface area contributed by atoms with Gasteiger partial charge in [-0.25, -0.2) is 8.78 Å². The number of aromatic nitrogens is 1. The van der Waals surface area contributed by atoms with Gasteiger partial charge in [0.05, 0.1) is 18.0 Å². The van der Waals surface area contributed by atoms with Crippen LogP contribution >= 0.6 is 11.8 Å². The van der Waals surface area contributed by atoms with Gasteiger partial charge in [0.15, 0.2) is 17.4 Å². The quantitative estimate of drug-likeness (QED) is 0.826. The SMILES string of the molecule is CC(C)c1cc(CNC(=O)CSc2ccc(F)c(F)c2)on1.